The fourth-order valence-corrected chi connectivity index (χ4v) is 5.96. The van der Waals surface area contributed by atoms with Gasteiger partial charge in [0, 0.05) is 12.2 Å². The highest BCUT2D eigenvalue weighted by molar-refractivity contribution is 6.29. The fraction of sp³-hybridized carbons (Fsp3) is 1.00. The van der Waals surface area contributed by atoms with Crippen molar-refractivity contribution < 1.29 is 8.85 Å². The zero-order valence-corrected chi connectivity index (χ0v) is 16.6. The number of hydrogen-bond donors (Lipinski definition) is 0. The van der Waals surface area contributed by atoms with Gasteiger partial charge < -0.3 is 8.85 Å². The van der Waals surface area contributed by atoms with Crippen molar-refractivity contribution in [2.24, 2.45) is 0 Å². The van der Waals surface area contributed by atoms with E-state index in [1.54, 1.807) is 0 Å². The van der Waals surface area contributed by atoms with E-state index in [9.17, 15) is 0 Å². The summed E-state index contributed by atoms with van der Waals surface area (Å²) in [6, 6.07) is 2.70. The van der Waals surface area contributed by atoms with Gasteiger partial charge in [0.1, 0.15) is 0 Å². The van der Waals surface area contributed by atoms with Crippen molar-refractivity contribution >= 4 is 19.5 Å². The predicted octanol–water partition coefficient (Wildman–Crippen LogP) is 3.57. The van der Waals surface area contributed by atoms with Crippen LogP contribution in [0.1, 0.15) is 72.6 Å². The molecule has 19 heavy (non-hydrogen) atoms. The highest BCUT2D eigenvalue weighted by Crippen LogP contribution is 2.09. The third-order valence-electron chi connectivity index (χ3n) is 3.63. The van der Waals surface area contributed by atoms with Crippen LogP contribution in [0.3, 0.4) is 0 Å². The van der Waals surface area contributed by atoms with Crippen LogP contribution in [0.15, 0.2) is 0 Å². The van der Waals surface area contributed by atoms with E-state index < -0.39 is 0 Å². The number of hydrogen-bond acceptors (Lipinski definition) is 2. The van der Waals surface area contributed by atoms with Gasteiger partial charge in [-0.2, -0.15) is 0 Å². The van der Waals surface area contributed by atoms with E-state index in [1.807, 2.05) is 0 Å². The highest BCUT2D eigenvalue weighted by Gasteiger charge is 2.06. The zero-order valence-electron chi connectivity index (χ0n) is 13.7. The summed E-state index contributed by atoms with van der Waals surface area (Å²) in [5.41, 5.74) is 0. The van der Waals surface area contributed by atoms with Crippen molar-refractivity contribution in [3.63, 3.8) is 0 Å². The van der Waals surface area contributed by atoms with E-state index in [0.717, 1.165) is 0 Å². The van der Waals surface area contributed by atoms with Crippen LogP contribution in [0.5, 0.6) is 0 Å². The first-order valence-electron chi connectivity index (χ1n) is 8.51. The van der Waals surface area contributed by atoms with Gasteiger partial charge in [-0.3, -0.25) is 0 Å². The standard InChI is InChI=1S/C15H36O2Si2/c1-5-10-14(7-3)16-18-12-9-13-19-17-15(8-4)11-6-2/h14-15H,5-13,18-19H2,1-4H3. The molecule has 0 aromatic heterocycles. The second-order valence-electron chi connectivity index (χ2n) is 5.44. The van der Waals surface area contributed by atoms with Gasteiger partial charge in [0.05, 0.1) is 0 Å². The van der Waals surface area contributed by atoms with Crippen molar-refractivity contribution in [1.82, 2.24) is 0 Å². The van der Waals surface area contributed by atoms with Crippen LogP contribution < -0.4 is 0 Å². The van der Waals surface area contributed by atoms with Gasteiger partial charge >= 0.3 is 0 Å². The van der Waals surface area contributed by atoms with E-state index >= 15 is 0 Å². The van der Waals surface area contributed by atoms with Crippen molar-refractivity contribution in [3.05, 3.63) is 0 Å². The smallest absolute Gasteiger partial charge is 0.161 e. The van der Waals surface area contributed by atoms with Crippen LogP contribution in [0, 0.1) is 0 Å². The maximum atomic E-state index is 6.03. The van der Waals surface area contributed by atoms with E-state index in [0.29, 0.717) is 12.2 Å². The Morgan fingerprint density at radius 1 is 0.737 bits per heavy atom. The molecule has 0 fully saturated rings. The second kappa shape index (κ2) is 14.8. The molecule has 0 aromatic carbocycles. The highest BCUT2D eigenvalue weighted by atomic mass is 28.2. The fourth-order valence-electron chi connectivity index (χ4n) is 2.34. The minimum atomic E-state index is -0.263. The Morgan fingerprint density at radius 3 is 1.47 bits per heavy atom. The zero-order chi connectivity index (χ0) is 14.3. The molecule has 0 aromatic rings. The lowest BCUT2D eigenvalue weighted by molar-refractivity contribution is 0.192. The first kappa shape index (κ1) is 19.4. The summed E-state index contributed by atoms with van der Waals surface area (Å²) in [4.78, 5) is 0. The summed E-state index contributed by atoms with van der Waals surface area (Å²) in [6.07, 6.45) is 9.84. The lowest BCUT2D eigenvalue weighted by Gasteiger charge is -2.16. The van der Waals surface area contributed by atoms with Gasteiger partial charge in [-0.05, 0) is 37.8 Å². The van der Waals surface area contributed by atoms with E-state index in [2.05, 4.69) is 27.7 Å². The van der Waals surface area contributed by atoms with Crippen molar-refractivity contribution in [3.8, 4) is 0 Å². The third kappa shape index (κ3) is 11.8. The Hall–Kier alpha value is 0.354. The molecule has 2 atom stereocenters. The Bertz CT molecular complexity index is 162. The summed E-state index contributed by atoms with van der Waals surface area (Å²) in [7, 11) is -0.526. The third-order valence-corrected chi connectivity index (χ3v) is 6.62. The molecule has 0 spiro atoms. The molecule has 2 nitrogen and oxygen atoms in total. The van der Waals surface area contributed by atoms with Gasteiger partial charge in [-0.15, -0.1) is 0 Å². The quantitative estimate of drug-likeness (QED) is 0.361. The number of rotatable bonds is 14. The molecule has 0 aliphatic carbocycles. The monoisotopic (exact) mass is 304 g/mol. The molecule has 116 valence electrons. The molecule has 0 aliphatic rings. The second-order valence-corrected chi connectivity index (χ2v) is 8.34. The Morgan fingerprint density at radius 2 is 1.16 bits per heavy atom. The molecule has 0 heterocycles. The Balaban J connectivity index is 3.34. The molecule has 0 amide bonds. The Labute approximate surface area is 125 Å². The predicted molar refractivity (Wildman–Crippen MR) is 91.5 cm³/mol. The summed E-state index contributed by atoms with van der Waals surface area (Å²) in [5, 5.41) is 0. The van der Waals surface area contributed by atoms with Crippen molar-refractivity contribution in [2.45, 2.75) is 96.9 Å². The lowest BCUT2D eigenvalue weighted by atomic mass is 10.2. The van der Waals surface area contributed by atoms with Crippen LogP contribution in [-0.2, 0) is 8.85 Å². The summed E-state index contributed by atoms with van der Waals surface area (Å²) in [6.45, 7) is 8.98. The molecule has 0 radical (unpaired) electrons. The van der Waals surface area contributed by atoms with Gasteiger partial charge in [0.2, 0.25) is 0 Å². The molecule has 0 aliphatic heterocycles. The van der Waals surface area contributed by atoms with Gasteiger partial charge in [0.15, 0.2) is 19.5 Å². The van der Waals surface area contributed by atoms with Gasteiger partial charge in [-0.1, -0.05) is 47.0 Å². The van der Waals surface area contributed by atoms with E-state index in [-0.39, 0.29) is 19.5 Å². The first-order chi connectivity index (χ1) is 9.28. The minimum Gasteiger partial charge on any atom is -0.421 e. The molecule has 0 bridgehead atoms. The first-order valence-corrected chi connectivity index (χ1v) is 11.7. The maximum absolute atomic E-state index is 6.03. The van der Waals surface area contributed by atoms with Crippen LogP contribution in [-0.4, -0.2) is 31.7 Å². The van der Waals surface area contributed by atoms with Crippen LogP contribution >= 0.6 is 0 Å². The molecular formula is C15H36O2Si2. The maximum Gasteiger partial charge on any atom is 0.161 e. The SMILES string of the molecule is CCCC(CC)O[SiH2]CCC[SiH2]OC(CC)CCC. The van der Waals surface area contributed by atoms with Gasteiger partial charge in [0.25, 0.3) is 0 Å². The average molecular weight is 305 g/mol. The molecule has 0 saturated carbocycles. The summed E-state index contributed by atoms with van der Waals surface area (Å²) in [5.74, 6) is 0. The molecule has 0 saturated heterocycles. The molecular weight excluding hydrogens is 268 g/mol. The van der Waals surface area contributed by atoms with E-state index in [4.69, 9.17) is 8.85 Å². The van der Waals surface area contributed by atoms with Crippen molar-refractivity contribution in [1.29, 1.82) is 0 Å². The van der Waals surface area contributed by atoms with Crippen molar-refractivity contribution in [2.75, 3.05) is 0 Å². The molecule has 0 rings (SSSR count). The van der Waals surface area contributed by atoms with Gasteiger partial charge in [-0.25, -0.2) is 0 Å². The Kier molecular flexibility index (Phi) is 15.0. The van der Waals surface area contributed by atoms with E-state index in [1.165, 1.54) is 57.0 Å². The lowest BCUT2D eigenvalue weighted by Crippen LogP contribution is -2.15. The molecule has 0 N–H and O–H groups in total. The molecule has 2 unspecified atom stereocenters. The normalized spacial score (nSPS) is 15.8. The topological polar surface area (TPSA) is 18.5 Å². The van der Waals surface area contributed by atoms with Crippen LogP contribution in [0.2, 0.25) is 12.1 Å². The van der Waals surface area contributed by atoms with Crippen LogP contribution in [0.4, 0.5) is 0 Å². The molecule has 4 heteroatoms. The largest absolute Gasteiger partial charge is 0.421 e. The summed E-state index contributed by atoms with van der Waals surface area (Å²) < 4.78 is 12.1. The van der Waals surface area contributed by atoms with Crippen LogP contribution in [0.25, 0.3) is 0 Å². The summed E-state index contributed by atoms with van der Waals surface area (Å²) >= 11 is 0. The minimum absolute atomic E-state index is 0.263. The average Bonchev–Trinajstić information content (AvgIpc) is 2.43.